The summed E-state index contributed by atoms with van der Waals surface area (Å²) in [6, 6.07) is 8.72. The number of rotatable bonds is 4. The first-order valence-electron chi connectivity index (χ1n) is 6.24. The highest BCUT2D eigenvalue weighted by atomic mass is 32.2. The van der Waals surface area contributed by atoms with Gasteiger partial charge < -0.3 is 5.32 Å². The molecule has 3 rings (SSSR count). The molecule has 0 fully saturated rings. The summed E-state index contributed by atoms with van der Waals surface area (Å²) in [6.07, 6.45) is 4.09. The number of nitrogens with zero attached hydrogens (tertiary/aromatic N) is 2. The lowest BCUT2D eigenvalue weighted by Gasteiger charge is -2.10. The molecular weight excluding hydrogens is 242 g/mol. The zero-order valence-electron chi connectivity index (χ0n) is 10.5. The maximum Gasteiger partial charge on any atom is 0.0534 e. The van der Waals surface area contributed by atoms with E-state index in [4.69, 9.17) is 0 Å². The molecule has 1 aliphatic heterocycles. The molecule has 0 saturated carbocycles. The normalized spacial score (nSPS) is 17.9. The molecule has 3 nitrogen and oxygen atoms in total. The topological polar surface area (TPSA) is 29.9 Å². The Morgan fingerprint density at radius 2 is 2.33 bits per heavy atom. The van der Waals surface area contributed by atoms with Gasteiger partial charge in [-0.05, 0) is 18.7 Å². The van der Waals surface area contributed by atoms with Gasteiger partial charge in [0.25, 0.3) is 0 Å². The Hall–Kier alpha value is -1.26. The summed E-state index contributed by atoms with van der Waals surface area (Å²) in [5.74, 6) is 1.76. The minimum absolute atomic E-state index is 0.591. The standard InChI is InChI=1S/C14H17N3S/c1-15-6-11-7-16-17(8-11)9-12-10-18-14-5-3-2-4-13(12)14/h2-5,7-8,12,15H,6,9-10H2,1H3. The van der Waals surface area contributed by atoms with Crippen LogP contribution in [0.1, 0.15) is 17.0 Å². The zero-order chi connectivity index (χ0) is 12.4. The van der Waals surface area contributed by atoms with Gasteiger partial charge in [-0.25, -0.2) is 0 Å². The molecule has 0 spiro atoms. The van der Waals surface area contributed by atoms with Gasteiger partial charge in [0.15, 0.2) is 0 Å². The van der Waals surface area contributed by atoms with Crippen LogP contribution in [0.25, 0.3) is 0 Å². The van der Waals surface area contributed by atoms with Crippen molar-refractivity contribution in [1.29, 1.82) is 0 Å². The van der Waals surface area contributed by atoms with Crippen molar-refractivity contribution in [3.63, 3.8) is 0 Å². The van der Waals surface area contributed by atoms with Gasteiger partial charge >= 0.3 is 0 Å². The van der Waals surface area contributed by atoms with Crippen LogP contribution in [-0.2, 0) is 13.1 Å². The molecule has 0 amide bonds. The Bertz CT molecular complexity index is 535. The summed E-state index contributed by atoms with van der Waals surface area (Å²) >= 11 is 1.96. The number of hydrogen-bond acceptors (Lipinski definition) is 3. The number of hydrogen-bond donors (Lipinski definition) is 1. The van der Waals surface area contributed by atoms with Crippen LogP contribution in [0, 0.1) is 0 Å². The molecule has 1 aromatic carbocycles. The van der Waals surface area contributed by atoms with E-state index in [1.165, 1.54) is 21.8 Å². The van der Waals surface area contributed by atoms with Crippen LogP contribution in [0.15, 0.2) is 41.6 Å². The Balaban J connectivity index is 1.73. The zero-order valence-corrected chi connectivity index (χ0v) is 11.3. The van der Waals surface area contributed by atoms with E-state index in [1.54, 1.807) is 0 Å². The molecule has 1 N–H and O–H groups in total. The van der Waals surface area contributed by atoms with Gasteiger partial charge in [0.2, 0.25) is 0 Å². The molecule has 1 unspecified atom stereocenters. The molecule has 0 bridgehead atoms. The lowest BCUT2D eigenvalue weighted by Crippen LogP contribution is -2.09. The van der Waals surface area contributed by atoms with Crippen molar-refractivity contribution in [2.75, 3.05) is 12.8 Å². The van der Waals surface area contributed by atoms with E-state index in [9.17, 15) is 0 Å². The van der Waals surface area contributed by atoms with Gasteiger partial charge in [0.1, 0.15) is 0 Å². The molecule has 4 heteroatoms. The fourth-order valence-electron chi connectivity index (χ4n) is 2.41. The molecular formula is C14H17N3S. The third kappa shape index (κ3) is 2.31. The molecule has 2 heterocycles. The van der Waals surface area contributed by atoms with Crippen LogP contribution in [0.4, 0.5) is 0 Å². The summed E-state index contributed by atoms with van der Waals surface area (Å²) in [4.78, 5) is 1.44. The molecule has 1 aromatic heterocycles. The molecule has 0 radical (unpaired) electrons. The van der Waals surface area contributed by atoms with Crippen molar-refractivity contribution < 1.29 is 0 Å². The first-order valence-corrected chi connectivity index (χ1v) is 7.23. The average molecular weight is 259 g/mol. The van der Waals surface area contributed by atoms with E-state index in [0.29, 0.717) is 5.92 Å². The summed E-state index contributed by atoms with van der Waals surface area (Å²) < 4.78 is 2.07. The van der Waals surface area contributed by atoms with E-state index in [1.807, 2.05) is 25.0 Å². The highest BCUT2D eigenvalue weighted by Gasteiger charge is 2.23. The molecule has 1 atom stereocenters. The van der Waals surface area contributed by atoms with Gasteiger partial charge in [-0.2, -0.15) is 5.10 Å². The number of thioether (sulfide) groups is 1. The van der Waals surface area contributed by atoms with Gasteiger partial charge in [0.05, 0.1) is 6.20 Å². The monoisotopic (exact) mass is 259 g/mol. The van der Waals surface area contributed by atoms with E-state index in [2.05, 4.69) is 45.6 Å². The summed E-state index contributed by atoms with van der Waals surface area (Å²) in [5, 5.41) is 7.59. The van der Waals surface area contributed by atoms with Crippen molar-refractivity contribution in [3.05, 3.63) is 47.8 Å². The first kappa shape index (κ1) is 11.8. The molecule has 1 aliphatic rings. The number of fused-ring (bicyclic) bond motifs is 1. The van der Waals surface area contributed by atoms with Crippen molar-refractivity contribution >= 4 is 11.8 Å². The fourth-order valence-corrected chi connectivity index (χ4v) is 3.65. The number of benzene rings is 1. The number of nitrogens with one attached hydrogen (secondary N) is 1. The van der Waals surface area contributed by atoms with E-state index in [0.717, 1.165) is 13.1 Å². The van der Waals surface area contributed by atoms with E-state index >= 15 is 0 Å². The van der Waals surface area contributed by atoms with Gasteiger partial charge in [-0.1, -0.05) is 18.2 Å². The van der Waals surface area contributed by atoms with Crippen molar-refractivity contribution in [1.82, 2.24) is 15.1 Å². The highest BCUT2D eigenvalue weighted by Crippen LogP contribution is 2.39. The third-order valence-corrected chi connectivity index (χ3v) is 4.53. The minimum Gasteiger partial charge on any atom is -0.316 e. The van der Waals surface area contributed by atoms with Crippen LogP contribution in [0.3, 0.4) is 0 Å². The Labute approximate surface area is 112 Å². The average Bonchev–Trinajstić information content (AvgIpc) is 2.99. The lowest BCUT2D eigenvalue weighted by molar-refractivity contribution is 0.548. The Morgan fingerprint density at radius 3 is 3.22 bits per heavy atom. The van der Waals surface area contributed by atoms with Crippen molar-refractivity contribution in [3.8, 4) is 0 Å². The molecule has 0 aliphatic carbocycles. The maximum atomic E-state index is 4.44. The first-order chi connectivity index (χ1) is 8.86. The van der Waals surface area contributed by atoms with Crippen LogP contribution in [0.5, 0.6) is 0 Å². The van der Waals surface area contributed by atoms with Crippen LogP contribution in [0.2, 0.25) is 0 Å². The SMILES string of the molecule is CNCc1cnn(CC2CSc3ccccc32)c1. The van der Waals surface area contributed by atoms with Crippen LogP contribution >= 0.6 is 11.8 Å². The second-order valence-corrected chi connectivity index (χ2v) is 5.71. The van der Waals surface area contributed by atoms with Gasteiger partial charge in [0, 0.05) is 41.4 Å². The quantitative estimate of drug-likeness (QED) is 0.915. The molecule has 18 heavy (non-hydrogen) atoms. The second kappa shape index (κ2) is 5.16. The van der Waals surface area contributed by atoms with Crippen LogP contribution in [-0.4, -0.2) is 22.6 Å². The second-order valence-electron chi connectivity index (χ2n) is 4.65. The smallest absolute Gasteiger partial charge is 0.0534 e. The predicted octanol–water partition coefficient (Wildman–Crippen LogP) is 2.49. The van der Waals surface area contributed by atoms with Gasteiger partial charge in [-0.15, -0.1) is 11.8 Å². The molecule has 0 saturated heterocycles. The Kier molecular flexibility index (Phi) is 3.39. The highest BCUT2D eigenvalue weighted by molar-refractivity contribution is 7.99. The fraction of sp³-hybridized carbons (Fsp3) is 0.357. The summed E-state index contributed by atoms with van der Waals surface area (Å²) in [5.41, 5.74) is 2.73. The van der Waals surface area contributed by atoms with Crippen molar-refractivity contribution in [2.45, 2.75) is 23.9 Å². The lowest BCUT2D eigenvalue weighted by atomic mass is 10.0. The minimum atomic E-state index is 0.591. The largest absolute Gasteiger partial charge is 0.316 e. The predicted molar refractivity (Wildman–Crippen MR) is 74.9 cm³/mol. The summed E-state index contributed by atoms with van der Waals surface area (Å²) in [7, 11) is 1.96. The molecule has 94 valence electrons. The maximum absolute atomic E-state index is 4.44. The van der Waals surface area contributed by atoms with E-state index in [-0.39, 0.29) is 0 Å². The molecule has 2 aromatic rings. The van der Waals surface area contributed by atoms with E-state index < -0.39 is 0 Å². The third-order valence-electron chi connectivity index (χ3n) is 3.27. The van der Waals surface area contributed by atoms with Crippen LogP contribution < -0.4 is 5.32 Å². The van der Waals surface area contributed by atoms with Crippen molar-refractivity contribution in [2.24, 2.45) is 0 Å². The Morgan fingerprint density at radius 1 is 1.44 bits per heavy atom. The summed E-state index contributed by atoms with van der Waals surface area (Å²) in [6.45, 7) is 1.86. The number of aromatic nitrogens is 2. The van der Waals surface area contributed by atoms with Gasteiger partial charge in [-0.3, -0.25) is 4.68 Å².